The van der Waals surface area contributed by atoms with Crippen LogP contribution < -0.4 is 0 Å². The molecule has 0 amide bonds. The molecule has 3 rings (SSSR count). The summed E-state index contributed by atoms with van der Waals surface area (Å²) >= 11 is 0. The lowest BCUT2D eigenvalue weighted by atomic mass is 9.69. The number of nitrogens with zero attached hydrogens (tertiary/aromatic N) is 2. The van der Waals surface area contributed by atoms with Gasteiger partial charge >= 0.3 is 0 Å². The zero-order chi connectivity index (χ0) is 11.0. The maximum absolute atomic E-state index is 4.36. The molecule has 3 unspecified atom stereocenters. The number of rotatable bonds is 1. The molecule has 0 aromatic carbocycles. The van der Waals surface area contributed by atoms with E-state index in [1.54, 1.807) is 0 Å². The second-order valence-corrected chi connectivity index (χ2v) is 5.73. The Labute approximate surface area is 98.1 Å². The first-order chi connectivity index (χ1) is 7.83. The quantitative estimate of drug-likeness (QED) is 0.702. The molecular formula is C14H22N2. The van der Waals surface area contributed by atoms with Gasteiger partial charge in [-0.1, -0.05) is 25.7 Å². The number of hydrogen-bond acceptors (Lipinski definition) is 1. The van der Waals surface area contributed by atoms with Gasteiger partial charge < -0.3 is 4.57 Å². The first kappa shape index (κ1) is 10.4. The first-order valence-electron chi connectivity index (χ1n) is 6.83. The van der Waals surface area contributed by atoms with Crippen LogP contribution in [0.5, 0.6) is 0 Å². The van der Waals surface area contributed by atoms with Crippen LogP contribution in [0.4, 0.5) is 0 Å². The molecule has 1 heterocycles. The van der Waals surface area contributed by atoms with Crippen molar-refractivity contribution >= 4 is 0 Å². The van der Waals surface area contributed by atoms with Crippen LogP contribution >= 0.6 is 0 Å². The summed E-state index contributed by atoms with van der Waals surface area (Å²) in [5, 5.41) is 0. The summed E-state index contributed by atoms with van der Waals surface area (Å²) in [7, 11) is 0. The van der Waals surface area contributed by atoms with Crippen molar-refractivity contribution in [3.63, 3.8) is 0 Å². The minimum absolute atomic E-state index is 0.737. The van der Waals surface area contributed by atoms with E-state index in [4.69, 9.17) is 0 Å². The molecule has 3 atom stereocenters. The van der Waals surface area contributed by atoms with Gasteiger partial charge in [0.15, 0.2) is 0 Å². The maximum Gasteiger partial charge on any atom is 0.0951 e. The third-order valence-corrected chi connectivity index (χ3v) is 4.66. The lowest BCUT2D eigenvalue weighted by Crippen LogP contribution is -2.28. The van der Waals surface area contributed by atoms with Crippen LogP contribution in [0.2, 0.25) is 0 Å². The summed E-state index contributed by atoms with van der Waals surface area (Å²) in [5.74, 6) is 2.06. The molecule has 0 saturated heterocycles. The van der Waals surface area contributed by atoms with Crippen LogP contribution in [0.15, 0.2) is 12.5 Å². The van der Waals surface area contributed by atoms with Gasteiger partial charge in [-0.2, -0.15) is 0 Å². The molecule has 2 fully saturated rings. The van der Waals surface area contributed by atoms with E-state index in [-0.39, 0.29) is 0 Å². The highest BCUT2D eigenvalue weighted by Crippen LogP contribution is 2.44. The van der Waals surface area contributed by atoms with Gasteiger partial charge in [-0.15, -0.1) is 0 Å². The predicted molar refractivity (Wildman–Crippen MR) is 65.3 cm³/mol. The summed E-state index contributed by atoms with van der Waals surface area (Å²) in [6.45, 7) is 2.09. The Bertz CT molecular complexity index is 355. The molecule has 1 aromatic heterocycles. The summed E-state index contributed by atoms with van der Waals surface area (Å²) < 4.78 is 2.36. The summed E-state index contributed by atoms with van der Waals surface area (Å²) in [6.07, 6.45) is 14.4. The SMILES string of the molecule is Cc1cn(C2CCC3CCCCC3C2)cn1. The van der Waals surface area contributed by atoms with Gasteiger partial charge in [-0.3, -0.25) is 0 Å². The molecule has 0 bridgehead atoms. The van der Waals surface area contributed by atoms with E-state index in [1.807, 2.05) is 6.33 Å². The highest BCUT2D eigenvalue weighted by molar-refractivity contribution is 4.96. The highest BCUT2D eigenvalue weighted by atomic mass is 15.1. The second kappa shape index (κ2) is 4.23. The fourth-order valence-electron chi connectivity index (χ4n) is 3.76. The number of aromatic nitrogens is 2. The molecule has 0 aliphatic heterocycles. The summed E-state index contributed by atoms with van der Waals surface area (Å²) in [6, 6.07) is 0.737. The Morgan fingerprint density at radius 3 is 2.69 bits per heavy atom. The fourth-order valence-corrected chi connectivity index (χ4v) is 3.76. The monoisotopic (exact) mass is 218 g/mol. The van der Waals surface area contributed by atoms with Crippen molar-refractivity contribution in [2.24, 2.45) is 11.8 Å². The molecule has 0 spiro atoms. The second-order valence-electron chi connectivity index (χ2n) is 5.73. The average molecular weight is 218 g/mol. The van der Waals surface area contributed by atoms with Crippen molar-refractivity contribution < 1.29 is 0 Å². The van der Waals surface area contributed by atoms with Crippen molar-refractivity contribution in [3.8, 4) is 0 Å². The van der Waals surface area contributed by atoms with Gasteiger partial charge in [-0.25, -0.2) is 4.98 Å². The zero-order valence-electron chi connectivity index (χ0n) is 10.2. The Morgan fingerprint density at radius 1 is 1.12 bits per heavy atom. The molecule has 2 aliphatic rings. The average Bonchev–Trinajstić information content (AvgIpc) is 2.75. The zero-order valence-corrected chi connectivity index (χ0v) is 10.2. The van der Waals surface area contributed by atoms with Crippen molar-refractivity contribution in [2.45, 2.75) is 57.9 Å². The largest absolute Gasteiger partial charge is 0.334 e. The van der Waals surface area contributed by atoms with E-state index >= 15 is 0 Å². The van der Waals surface area contributed by atoms with E-state index in [2.05, 4.69) is 22.7 Å². The molecule has 0 radical (unpaired) electrons. The minimum Gasteiger partial charge on any atom is -0.334 e. The Kier molecular flexibility index (Phi) is 2.74. The first-order valence-corrected chi connectivity index (χ1v) is 6.83. The summed E-state index contributed by atoms with van der Waals surface area (Å²) in [5.41, 5.74) is 1.16. The van der Waals surface area contributed by atoms with Gasteiger partial charge in [0, 0.05) is 12.2 Å². The molecule has 0 N–H and O–H groups in total. The van der Waals surface area contributed by atoms with E-state index in [1.165, 1.54) is 44.9 Å². The van der Waals surface area contributed by atoms with Crippen LogP contribution in [-0.4, -0.2) is 9.55 Å². The third kappa shape index (κ3) is 1.90. The van der Waals surface area contributed by atoms with Crippen molar-refractivity contribution in [2.75, 3.05) is 0 Å². The van der Waals surface area contributed by atoms with Crippen molar-refractivity contribution in [1.29, 1.82) is 0 Å². The molecular weight excluding hydrogens is 196 g/mol. The minimum atomic E-state index is 0.737. The molecule has 16 heavy (non-hydrogen) atoms. The van der Waals surface area contributed by atoms with Crippen LogP contribution in [0, 0.1) is 18.8 Å². The third-order valence-electron chi connectivity index (χ3n) is 4.66. The molecule has 2 nitrogen and oxygen atoms in total. The predicted octanol–water partition coefficient (Wildman–Crippen LogP) is 3.72. The molecule has 2 saturated carbocycles. The number of imidazole rings is 1. The van der Waals surface area contributed by atoms with Gasteiger partial charge in [0.05, 0.1) is 12.0 Å². The normalized spacial score (nSPS) is 34.7. The van der Waals surface area contributed by atoms with Crippen LogP contribution in [0.3, 0.4) is 0 Å². The lowest BCUT2D eigenvalue weighted by Gasteiger charge is -2.39. The van der Waals surface area contributed by atoms with Crippen molar-refractivity contribution in [1.82, 2.24) is 9.55 Å². The molecule has 1 aromatic rings. The number of fused-ring (bicyclic) bond motifs is 1. The Balaban J connectivity index is 1.70. The van der Waals surface area contributed by atoms with E-state index in [0.29, 0.717) is 0 Å². The van der Waals surface area contributed by atoms with E-state index in [0.717, 1.165) is 23.6 Å². The van der Waals surface area contributed by atoms with E-state index < -0.39 is 0 Å². The Hall–Kier alpha value is -0.790. The van der Waals surface area contributed by atoms with Crippen molar-refractivity contribution in [3.05, 3.63) is 18.2 Å². The molecule has 2 aliphatic carbocycles. The lowest BCUT2D eigenvalue weighted by molar-refractivity contribution is 0.133. The van der Waals surface area contributed by atoms with Gasteiger partial charge in [0.25, 0.3) is 0 Å². The van der Waals surface area contributed by atoms with Crippen LogP contribution in [0.25, 0.3) is 0 Å². The van der Waals surface area contributed by atoms with Crippen LogP contribution in [0.1, 0.15) is 56.7 Å². The van der Waals surface area contributed by atoms with Crippen LogP contribution in [-0.2, 0) is 0 Å². The topological polar surface area (TPSA) is 17.8 Å². The smallest absolute Gasteiger partial charge is 0.0951 e. The number of hydrogen-bond donors (Lipinski definition) is 0. The highest BCUT2D eigenvalue weighted by Gasteiger charge is 2.32. The standard InChI is InChI=1S/C14H22N2/c1-11-9-16(10-15-11)14-7-6-12-4-2-3-5-13(12)8-14/h9-10,12-14H,2-8H2,1H3. The van der Waals surface area contributed by atoms with Gasteiger partial charge in [0.2, 0.25) is 0 Å². The van der Waals surface area contributed by atoms with Gasteiger partial charge in [-0.05, 0) is 38.0 Å². The fraction of sp³-hybridized carbons (Fsp3) is 0.786. The number of aryl methyl sites for hydroxylation is 1. The maximum atomic E-state index is 4.36. The molecule has 88 valence electrons. The van der Waals surface area contributed by atoms with Gasteiger partial charge in [0.1, 0.15) is 0 Å². The van der Waals surface area contributed by atoms with E-state index in [9.17, 15) is 0 Å². The molecule has 2 heteroatoms. The Morgan fingerprint density at radius 2 is 1.94 bits per heavy atom. The summed E-state index contributed by atoms with van der Waals surface area (Å²) in [4.78, 5) is 4.36.